The number of nitrogens with one attached hydrogen (secondary N) is 1. The van der Waals surface area contributed by atoms with Gasteiger partial charge in [0, 0.05) is 13.7 Å². The van der Waals surface area contributed by atoms with Crippen molar-refractivity contribution in [3.05, 3.63) is 0 Å². The van der Waals surface area contributed by atoms with Gasteiger partial charge in [0.2, 0.25) is 5.91 Å². The Balaban J connectivity index is 2.03. The Bertz CT molecular complexity index is 457. The molecule has 2 aliphatic rings. The number of ether oxygens (including phenoxy) is 2. The van der Waals surface area contributed by atoms with Crippen LogP contribution in [0.5, 0.6) is 0 Å². The predicted molar refractivity (Wildman–Crippen MR) is 80.6 cm³/mol. The Morgan fingerprint density at radius 1 is 1.43 bits per heavy atom. The van der Waals surface area contributed by atoms with Crippen LogP contribution < -0.4 is 5.32 Å². The monoisotopic (exact) mass is 327 g/mol. The fourth-order valence-corrected chi connectivity index (χ4v) is 3.56. The molecule has 0 aromatic rings. The highest BCUT2D eigenvalue weighted by molar-refractivity contribution is 5.85. The van der Waals surface area contributed by atoms with Crippen LogP contribution in [0.25, 0.3) is 0 Å². The molecule has 2 atom stereocenters. The number of carboxylic acid groups (broad SMARTS) is 1. The van der Waals surface area contributed by atoms with E-state index in [1.54, 1.807) is 0 Å². The summed E-state index contributed by atoms with van der Waals surface area (Å²) >= 11 is 0. The van der Waals surface area contributed by atoms with Crippen molar-refractivity contribution in [3.63, 3.8) is 0 Å². The summed E-state index contributed by atoms with van der Waals surface area (Å²) in [6, 6.07) is -0.297. The first-order valence-electron chi connectivity index (χ1n) is 8.15. The van der Waals surface area contributed by atoms with Crippen molar-refractivity contribution in [2.45, 2.75) is 51.0 Å². The number of carboxylic acids is 1. The van der Waals surface area contributed by atoms with Crippen molar-refractivity contribution in [1.29, 1.82) is 0 Å². The van der Waals surface area contributed by atoms with Crippen molar-refractivity contribution in [3.8, 4) is 0 Å². The summed E-state index contributed by atoms with van der Waals surface area (Å²) in [5, 5.41) is 12.3. The minimum atomic E-state index is -0.888. The van der Waals surface area contributed by atoms with Gasteiger partial charge in [-0.1, -0.05) is 12.8 Å². The van der Waals surface area contributed by atoms with Gasteiger partial charge in [-0.15, -0.1) is 0 Å². The molecule has 1 heterocycles. The van der Waals surface area contributed by atoms with Crippen LogP contribution in [0.2, 0.25) is 0 Å². The third kappa shape index (κ3) is 4.43. The molecule has 7 nitrogen and oxygen atoms in total. The van der Waals surface area contributed by atoms with E-state index in [1.165, 1.54) is 7.11 Å². The Hall–Kier alpha value is -1.63. The van der Waals surface area contributed by atoms with E-state index >= 15 is 0 Å². The zero-order valence-electron chi connectivity index (χ0n) is 13.5. The maximum atomic E-state index is 12.8. The number of carbonyl (C=O) groups is 3. The summed E-state index contributed by atoms with van der Waals surface area (Å²) in [5.74, 6) is -1.93. The molecule has 7 heteroatoms. The molecule has 130 valence electrons. The second-order valence-electron chi connectivity index (χ2n) is 6.57. The Morgan fingerprint density at radius 3 is 2.65 bits per heavy atom. The highest BCUT2D eigenvalue weighted by Gasteiger charge is 2.45. The second-order valence-corrected chi connectivity index (χ2v) is 6.57. The molecule has 0 radical (unpaired) electrons. The van der Waals surface area contributed by atoms with Gasteiger partial charge in [-0.25, -0.2) is 0 Å². The predicted octanol–water partition coefficient (Wildman–Crippen LogP) is 1.11. The lowest BCUT2D eigenvalue weighted by Crippen LogP contribution is -2.46. The van der Waals surface area contributed by atoms with E-state index < -0.39 is 17.3 Å². The standard InChI is InChI=1S/C16H25NO6/c1-22-7-4-11(14(19)20)9-16(5-2-3-6-16)15(21)17-12-8-13(18)23-10-12/h11-12H,2-10H2,1H3,(H,17,21)(H,19,20)/t11-,12+/m1/s1. The summed E-state index contributed by atoms with van der Waals surface area (Å²) in [6.45, 7) is 0.562. The molecule has 0 aromatic heterocycles. The molecule has 2 N–H and O–H groups in total. The first-order valence-corrected chi connectivity index (χ1v) is 8.15. The van der Waals surface area contributed by atoms with Gasteiger partial charge in [-0.3, -0.25) is 14.4 Å². The van der Waals surface area contributed by atoms with Gasteiger partial charge in [0.25, 0.3) is 0 Å². The smallest absolute Gasteiger partial charge is 0.308 e. The van der Waals surface area contributed by atoms with Crippen molar-refractivity contribution in [2.24, 2.45) is 11.3 Å². The first kappa shape index (κ1) is 17.7. The number of hydrogen-bond acceptors (Lipinski definition) is 5. The zero-order valence-corrected chi connectivity index (χ0v) is 13.5. The largest absolute Gasteiger partial charge is 0.481 e. The summed E-state index contributed by atoms with van der Waals surface area (Å²) in [6.07, 6.45) is 4.13. The van der Waals surface area contributed by atoms with Crippen molar-refractivity contribution in [1.82, 2.24) is 5.32 Å². The number of methoxy groups -OCH3 is 1. The van der Waals surface area contributed by atoms with Crippen LogP contribution in [0.15, 0.2) is 0 Å². The van der Waals surface area contributed by atoms with Gasteiger partial charge in [0.05, 0.1) is 23.8 Å². The van der Waals surface area contributed by atoms with Crippen molar-refractivity contribution >= 4 is 17.8 Å². The molecule has 2 rings (SSSR count). The molecule has 1 saturated carbocycles. The third-order valence-corrected chi connectivity index (χ3v) is 4.89. The molecule has 1 amide bonds. The van der Waals surface area contributed by atoms with Gasteiger partial charge in [-0.05, 0) is 25.7 Å². The fourth-order valence-electron chi connectivity index (χ4n) is 3.56. The van der Waals surface area contributed by atoms with Gasteiger partial charge in [0.15, 0.2) is 0 Å². The topological polar surface area (TPSA) is 102 Å². The van der Waals surface area contributed by atoms with Gasteiger partial charge in [0.1, 0.15) is 6.61 Å². The van der Waals surface area contributed by atoms with Crippen LogP contribution in [-0.4, -0.2) is 49.3 Å². The lowest BCUT2D eigenvalue weighted by atomic mass is 9.75. The maximum Gasteiger partial charge on any atom is 0.308 e. The van der Waals surface area contributed by atoms with Crippen LogP contribution in [0.4, 0.5) is 0 Å². The average Bonchev–Trinajstić information content (AvgIpc) is 3.13. The zero-order chi connectivity index (χ0) is 16.9. The molecule has 2 fully saturated rings. The molecule has 1 aliphatic heterocycles. The molecule has 0 spiro atoms. The van der Waals surface area contributed by atoms with Gasteiger partial charge >= 0.3 is 11.9 Å². The fraction of sp³-hybridized carbons (Fsp3) is 0.812. The summed E-state index contributed by atoms with van der Waals surface area (Å²) < 4.78 is 9.85. The lowest BCUT2D eigenvalue weighted by Gasteiger charge is -2.31. The molecular formula is C16H25NO6. The summed E-state index contributed by atoms with van der Waals surface area (Å²) in [7, 11) is 1.54. The quantitative estimate of drug-likeness (QED) is 0.647. The molecule has 23 heavy (non-hydrogen) atoms. The molecule has 0 bridgehead atoms. The van der Waals surface area contributed by atoms with E-state index in [1.807, 2.05) is 0 Å². The number of esters is 1. The normalized spacial score (nSPS) is 24.2. The lowest BCUT2D eigenvalue weighted by molar-refractivity contribution is -0.145. The Kier molecular flexibility index (Phi) is 5.98. The summed E-state index contributed by atoms with van der Waals surface area (Å²) in [5.41, 5.74) is -0.650. The van der Waals surface area contributed by atoms with E-state index in [2.05, 4.69) is 5.32 Å². The maximum absolute atomic E-state index is 12.8. The number of cyclic esters (lactones) is 1. The highest BCUT2D eigenvalue weighted by atomic mass is 16.5. The number of rotatable bonds is 8. The van der Waals surface area contributed by atoms with Gasteiger partial charge in [-0.2, -0.15) is 0 Å². The van der Waals surface area contributed by atoms with Gasteiger partial charge < -0.3 is 19.9 Å². The van der Waals surface area contributed by atoms with Crippen LogP contribution in [-0.2, 0) is 23.9 Å². The Labute approximate surface area is 135 Å². The second kappa shape index (κ2) is 7.77. The minimum absolute atomic E-state index is 0.137. The molecular weight excluding hydrogens is 302 g/mol. The van der Waals surface area contributed by atoms with Crippen LogP contribution in [0.3, 0.4) is 0 Å². The van der Waals surface area contributed by atoms with E-state index in [0.717, 1.165) is 12.8 Å². The molecule has 0 unspecified atom stereocenters. The van der Waals surface area contributed by atoms with Crippen molar-refractivity contribution < 1.29 is 29.0 Å². The number of aliphatic carboxylic acids is 1. The number of hydrogen-bond donors (Lipinski definition) is 2. The Morgan fingerprint density at radius 2 is 2.13 bits per heavy atom. The first-order chi connectivity index (χ1) is 11.0. The summed E-state index contributed by atoms with van der Waals surface area (Å²) in [4.78, 5) is 35.4. The van der Waals surface area contributed by atoms with Crippen LogP contribution >= 0.6 is 0 Å². The highest BCUT2D eigenvalue weighted by Crippen LogP contribution is 2.44. The number of amides is 1. The van der Waals surface area contributed by atoms with Crippen LogP contribution in [0, 0.1) is 11.3 Å². The minimum Gasteiger partial charge on any atom is -0.481 e. The van der Waals surface area contributed by atoms with Crippen LogP contribution in [0.1, 0.15) is 44.9 Å². The van der Waals surface area contributed by atoms with E-state index in [-0.39, 0.29) is 30.9 Å². The van der Waals surface area contributed by atoms with Crippen molar-refractivity contribution in [2.75, 3.05) is 20.3 Å². The van der Waals surface area contributed by atoms with E-state index in [0.29, 0.717) is 32.3 Å². The van der Waals surface area contributed by atoms with E-state index in [9.17, 15) is 19.5 Å². The molecule has 1 aliphatic carbocycles. The van der Waals surface area contributed by atoms with E-state index in [4.69, 9.17) is 9.47 Å². The average molecular weight is 327 g/mol. The number of carbonyl (C=O) groups excluding carboxylic acids is 2. The third-order valence-electron chi connectivity index (χ3n) is 4.89. The SMILES string of the molecule is COCC[C@H](CC1(C(=O)N[C@@H]2COC(=O)C2)CCCC1)C(=O)O. The molecule has 1 saturated heterocycles. The molecule has 0 aromatic carbocycles.